The third-order valence-corrected chi connectivity index (χ3v) is 3.73. The minimum absolute atomic E-state index is 0.0226. The van der Waals surface area contributed by atoms with Crippen LogP contribution in [0.5, 0.6) is 5.75 Å². The highest BCUT2D eigenvalue weighted by atomic mass is 19.4. The highest BCUT2D eigenvalue weighted by Gasteiger charge is 2.39. The van der Waals surface area contributed by atoms with Gasteiger partial charge in [0.15, 0.2) is 0 Å². The lowest BCUT2D eigenvalue weighted by molar-refractivity contribution is -0.386. The number of aromatic nitrogens is 1. The number of nitrogens with zero attached hydrogens (tertiary/aromatic N) is 2. The van der Waals surface area contributed by atoms with Crippen molar-refractivity contribution in [3.05, 3.63) is 50.9 Å². The Morgan fingerprint density at radius 1 is 1.35 bits per heavy atom. The largest absolute Gasteiger partial charge is 0.502 e. The van der Waals surface area contributed by atoms with Gasteiger partial charge in [-0.1, -0.05) is 11.2 Å². The first-order valence-electron chi connectivity index (χ1n) is 6.79. The third-order valence-electron chi connectivity index (χ3n) is 3.73. The van der Waals surface area contributed by atoms with E-state index in [4.69, 9.17) is 4.52 Å². The number of halogens is 3. The number of nitro benzene ring substituents is 1. The number of hydrogen-bond donors (Lipinski definition) is 1. The summed E-state index contributed by atoms with van der Waals surface area (Å²) in [7, 11) is 0. The van der Waals surface area contributed by atoms with Crippen molar-refractivity contribution >= 4 is 5.69 Å². The molecule has 122 valence electrons. The fraction of sp³-hybridized carbons (Fsp3) is 0.357. The van der Waals surface area contributed by atoms with Crippen molar-refractivity contribution in [2.45, 2.75) is 31.4 Å². The molecular formula is C14H11F3N2O4. The molecule has 0 radical (unpaired) electrons. The van der Waals surface area contributed by atoms with Crippen molar-refractivity contribution in [2.75, 3.05) is 0 Å². The van der Waals surface area contributed by atoms with E-state index in [2.05, 4.69) is 5.16 Å². The zero-order chi connectivity index (χ0) is 16.8. The van der Waals surface area contributed by atoms with Crippen LogP contribution in [0.15, 0.2) is 22.9 Å². The topological polar surface area (TPSA) is 89.4 Å². The summed E-state index contributed by atoms with van der Waals surface area (Å²) >= 11 is 0. The molecule has 6 nitrogen and oxygen atoms in total. The average Bonchev–Trinajstić information content (AvgIpc) is 3.17. The summed E-state index contributed by atoms with van der Waals surface area (Å²) in [5.74, 6) is -0.572. The molecule has 0 spiro atoms. The van der Waals surface area contributed by atoms with Gasteiger partial charge in [-0.05, 0) is 18.9 Å². The van der Waals surface area contributed by atoms with Crippen molar-refractivity contribution < 1.29 is 27.7 Å². The van der Waals surface area contributed by atoms with Crippen LogP contribution >= 0.6 is 0 Å². The van der Waals surface area contributed by atoms with Crippen molar-refractivity contribution in [2.24, 2.45) is 0 Å². The Balaban J connectivity index is 2.03. The molecule has 23 heavy (non-hydrogen) atoms. The van der Waals surface area contributed by atoms with E-state index < -0.39 is 28.1 Å². The molecule has 1 aromatic carbocycles. The normalized spacial score (nSPS) is 14.9. The molecule has 0 saturated heterocycles. The van der Waals surface area contributed by atoms with Gasteiger partial charge in [-0.25, -0.2) is 0 Å². The van der Waals surface area contributed by atoms with E-state index in [1.807, 2.05) is 0 Å². The smallest absolute Gasteiger partial charge is 0.420 e. The summed E-state index contributed by atoms with van der Waals surface area (Å²) in [5, 5.41) is 24.5. The molecule has 1 saturated carbocycles. The number of phenolic OH excluding ortho intramolecular Hbond substituents is 1. The van der Waals surface area contributed by atoms with Crippen LogP contribution in [0, 0.1) is 10.1 Å². The first-order valence-corrected chi connectivity index (χ1v) is 6.79. The number of alkyl halides is 3. The summed E-state index contributed by atoms with van der Waals surface area (Å²) in [6, 6.07) is 1.65. The van der Waals surface area contributed by atoms with Gasteiger partial charge in [0.2, 0.25) is 5.75 Å². The maximum absolute atomic E-state index is 12.8. The van der Waals surface area contributed by atoms with E-state index in [9.17, 15) is 28.4 Å². The number of benzene rings is 1. The van der Waals surface area contributed by atoms with Gasteiger partial charge in [-0.15, -0.1) is 0 Å². The van der Waals surface area contributed by atoms with Gasteiger partial charge in [-0.3, -0.25) is 10.1 Å². The van der Waals surface area contributed by atoms with Crippen LogP contribution in [0.3, 0.4) is 0 Å². The molecule has 1 fully saturated rings. The Hall–Kier alpha value is -2.58. The van der Waals surface area contributed by atoms with Gasteiger partial charge >= 0.3 is 11.9 Å². The van der Waals surface area contributed by atoms with Crippen molar-refractivity contribution in [3.63, 3.8) is 0 Å². The van der Waals surface area contributed by atoms with Gasteiger partial charge in [0.05, 0.1) is 11.1 Å². The Labute approximate surface area is 127 Å². The van der Waals surface area contributed by atoms with Gasteiger partial charge in [0.1, 0.15) is 11.3 Å². The van der Waals surface area contributed by atoms with E-state index in [-0.39, 0.29) is 17.9 Å². The van der Waals surface area contributed by atoms with Crippen LogP contribution in [-0.4, -0.2) is 15.2 Å². The Morgan fingerprint density at radius 3 is 2.61 bits per heavy atom. The van der Waals surface area contributed by atoms with E-state index in [0.29, 0.717) is 17.4 Å². The second kappa shape index (κ2) is 5.25. The summed E-state index contributed by atoms with van der Waals surface area (Å²) in [6.45, 7) is 0. The molecule has 3 rings (SSSR count). The van der Waals surface area contributed by atoms with Crippen molar-refractivity contribution in [1.82, 2.24) is 5.16 Å². The van der Waals surface area contributed by atoms with Crippen LogP contribution in [0.25, 0.3) is 0 Å². The molecule has 0 atom stereocenters. The van der Waals surface area contributed by atoms with Gasteiger partial charge < -0.3 is 9.63 Å². The van der Waals surface area contributed by atoms with Crippen molar-refractivity contribution in [3.8, 4) is 5.75 Å². The van der Waals surface area contributed by atoms with E-state index in [1.54, 1.807) is 0 Å². The number of hydrogen-bond acceptors (Lipinski definition) is 5. The zero-order valence-electron chi connectivity index (χ0n) is 11.6. The highest BCUT2D eigenvalue weighted by Crippen LogP contribution is 2.45. The lowest BCUT2D eigenvalue weighted by Gasteiger charge is -2.11. The minimum atomic E-state index is -4.87. The van der Waals surface area contributed by atoms with E-state index in [0.717, 1.165) is 18.9 Å². The highest BCUT2D eigenvalue weighted by molar-refractivity contribution is 5.58. The Bertz CT molecular complexity index is 766. The monoisotopic (exact) mass is 328 g/mol. The second-order valence-electron chi connectivity index (χ2n) is 5.39. The number of rotatable bonds is 4. The molecule has 1 heterocycles. The summed E-state index contributed by atoms with van der Waals surface area (Å²) in [5.41, 5.74) is -1.82. The maximum Gasteiger partial charge on any atom is 0.420 e. The number of nitro groups is 1. The maximum atomic E-state index is 12.8. The van der Waals surface area contributed by atoms with Crippen LogP contribution < -0.4 is 0 Å². The zero-order valence-corrected chi connectivity index (χ0v) is 11.6. The lowest BCUT2D eigenvalue weighted by Crippen LogP contribution is -2.08. The van der Waals surface area contributed by atoms with Crippen LogP contribution in [0.1, 0.15) is 41.2 Å². The molecule has 0 aliphatic heterocycles. The van der Waals surface area contributed by atoms with Gasteiger partial charge in [0.25, 0.3) is 0 Å². The summed E-state index contributed by atoms with van der Waals surface area (Å²) in [6.07, 6.45) is -1.67. The van der Waals surface area contributed by atoms with Crippen molar-refractivity contribution in [1.29, 1.82) is 0 Å². The summed E-state index contributed by atoms with van der Waals surface area (Å²) in [4.78, 5) is 10.1. The average molecular weight is 328 g/mol. The molecule has 0 amide bonds. The Morgan fingerprint density at radius 2 is 2.04 bits per heavy atom. The SMILES string of the molecule is O=[N+]([O-])c1c(Cc2cnoc2C2CC2)ccc(C(F)(F)F)c1O. The predicted molar refractivity (Wildman–Crippen MR) is 71.0 cm³/mol. The molecular weight excluding hydrogens is 317 g/mol. The van der Waals surface area contributed by atoms with Gasteiger partial charge in [-0.2, -0.15) is 13.2 Å². The number of phenols is 1. The lowest BCUT2D eigenvalue weighted by atomic mass is 9.99. The van der Waals surface area contributed by atoms with E-state index in [1.165, 1.54) is 6.20 Å². The standard InChI is InChI=1S/C14H11F3N2O4/c15-14(16,17)10-4-3-8(11(12(10)20)19(21)22)5-9-6-18-23-13(9)7-1-2-7/h3-4,6-7,20H,1-2,5H2. The van der Waals surface area contributed by atoms with Gasteiger partial charge in [0, 0.05) is 23.5 Å². The van der Waals surface area contributed by atoms with E-state index >= 15 is 0 Å². The first kappa shape index (κ1) is 15.3. The molecule has 1 N–H and O–H groups in total. The molecule has 9 heteroatoms. The quantitative estimate of drug-likeness (QED) is 0.681. The third kappa shape index (κ3) is 2.86. The molecule has 0 unspecified atom stereocenters. The van der Waals surface area contributed by atoms with Crippen LogP contribution in [-0.2, 0) is 12.6 Å². The number of aromatic hydroxyl groups is 1. The molecule has 1 aliphatic carbocycles. The molecule has 1 aliphatic rings. The Kier molecular flexibility index (Phi) is 3.50. The predicted octanol–water partition coefficient (Wildman–Crippen LogP) is 3.78. The first-order chi connectivity index (χ1) is 10.8. The molecule has 0 bridgehead atoms. The second-order valence-corrected chi connectivity index (χ2v) is 5.39. The fourth-order valence-electron chi connectivity index (χ4n) is 2.49. The fourth-order valence-corrected chi connectivity index (χ4v) is 2.49. The van der Waals surface area contributed by atoms with Crippen LogP contribution in [0.4, 0.5) is 18.9 Å². The van der Waals surface area contributed by atoms with Crippen LogP contribution in [0.2, 0.25) is 0 Å². The minimum Gasteiger partial charge on any atom is -0.502 e. The summed E-state index contributed by atoms with van der Waals surface area (Å²) < 4.78 is 43.4. The molecule has 1 aromatic heterocycles. The molecule has 2 aromatic rings.